The SMILES string of the molecule is Cc1cccc(C(O)CN=C(N)Nc2cccc(C(C)C)c2)c1. The van der Waals surface area contributed by atoms with E-state index in [0.717, 1.165) is 16.8 Å². The van der Waals surface area contributed by atoms with E-state index in [-0.39, 0.29) is 6.54 Å². The van der Waals surface area contributed by atoms with Crippen molar-refractivity contribution in [3.05, 3.63) is 65.2 Å². The van der Waals surface area contributed by atoms with Crippen LogP contribution in [-0.2, 0) is 0 Å². The molecule has 23 heavy (non-hydrogen) atoms. The van der Waals surface area contributed by atoms with E-state index in [1.165, 1.54) is 5.56 Å². The number of hydrogen-bond donors (Lipinski definition) is 3. The van der Waals surface area contributed by atoms with Gasteiger partial charge in [0.1, 0.15) is 0 Å². The Kier molecular flexibility index (Phi) is 5.77. The smallest absolute Gasteiger partial charge is 0.193 e. The first-order valence-electron chi connectivity index (χ1n) is 7.87. The quantitative estimate of drug-likeness (QED) is 0.584. The van der Waals surface area contributed by atoms with E-state index in [9.17, 15) is 5.11 Å². The van der Waals surface area contributed by atoms with Gasteiger partial charge in [-0.1, -0.05) is 55.8 Å². The lowest BCUT2D eigenvalue weighted by Crippen LogP contribution is -2.23. The molecule has 0 aromatic heterocycles. The van der Waals surface area contributed by atoms with Gasteiger partial charge in [-0.3, -0.25) is 4.99 Å². The zero-order valence-electron chi connectivity index (χ0n) is 14.0. The molecule has 0 amide bonds. The van der Waals surface area contributed by atoms with Crippen LogP contribution in [0.5, 0.6) is 0 Å². The summed E-state index contributed by atoms with van der Waals surface area (Å²) in [5.41, 5.74) is 10.0. The normalized spacial score (nSPS) is 13.2. The average Bonchev–Trinajstić information content (AvgIpc) is 2.53. The van der Waals surface area contributed by atoms with Gasteiger partial charge >= 0.3 is 0 Å². The summed E-state index contributed by atoms with van der Waals surface area (Å²) in [7, 11) is 0. The van der Waals surface area contributed by atoms with Gasteiger partial charge in [-0.15, -0.1) is 0 Å². The second-order valence-corrected chi connectivity index (χ2v) is 6.06. The van der Waals surface area contributed by atoms with Gasteiger partial charge in [0, 0.05) is 5.69 Å². The Balaban J connectivity index is 1.99. The topological polar surface area (TPSA) is 70.6 Å². The zero-order chi connectivity index (χ0) is 16.8. The van der Waals surface area contributed by atoms with Gasteiger partial charge in [0.2, 0.25) is 0 Å². The van der Waals surface area contributed by atoms with E-state index in [2.05, 4.69) is 36.3 Å². The van der Waals surface area contributed by atoms with Crippen molar-refractivity contribution >= 4 is 11.6 Å². The molecule has 2 aromatic carbocycles. The van der Waals surface area contributed by atoms with Gasteiger partial charge in [-0.2, -0.15) is 0 Å². The molecular formula is C19H25N3O. The number of rotatable bonds is 5. The summed E-state index contributed by atoms with van der Waals surface area (Å²) < 4.78 is 0. The molecule has 122 valence electrons. The largest absolute Gasteiger partial charge is 0.386 e. The Labute approximate surface area is 138 Å². The van der Waals surface area contributed by atoms with E-state index >= 15 is 0 Å². The summed E-state index contributed by atoms with van der Waals surface area (Å²) >= 11 is 0. The first kappa shape index (κ1) is 17.0. The second kappa shape index (κ2) is 7.79. The van der Waals surface area contributed by atoms with Gasteiger partial charge < -0.3 is 16.2 Å². The van der Waals surface area contributed by atoms with E-state index in [4.69, 9.17) is 5.73 Å². The summed E-state index contributed by atoms with van der Waals surface area (Å²) in [6, 6.07) is 15.9. The van der Waals surface area contributed by atoms with Crippen molar-refractivity contribution in [3.8, 4) is 0 Å². The van der Waals surface area contributed by atoms with Crippen LogP contribution in [0, 0.1) is 6.92 Å². The summed E-state index contributed by atoms with van der Waals surface area (Å²) in [6.45, 7) is 6.52. The maximum absolute atomic E-state index is 10.2. The second-order valence-electron chi connectivity index (χ2n) is 6.06. The third-order valence-corrected chi connectivity index (χ3v) is 3.69. The van der Waals surface area contributed by atoms with Gasteiger partial charge in [0.25, 0.3) is 0 Å². The fourth-order valence-corrected chi connectivity index (χ4v) is 2.33. The van der Waals surface area contributed by atoms with Gasteiger partial charge in [0.15, 0.2) is 5.96 Å². The fraction of sp³-hybridized carbons (Fsp3) is 0.316. The molecule has 0 saturated carbocycles. The summed E-state index contributed by atoms with van der Waals surface area (Å²) in [5, 5.41) is 13.3. The average molecular weight is 311 g/mol. The molecule has 0 aliphatic heterocycles. The highest BCUT2D eigenvalue weighted by Gasteiger charge is 2.07. The van der Waals surface area contributed by atoms with Gasteiger partial charge in [0.05, 0.1) is 12.6 Å². The Morgan fingerprint density at radius 3 is 2.52 bits per heavy atom. The third kappa shape index (κ3) is 5.11. The van der Waals surface area contributed by atoms with Crippen LogP contribution in [-0.4, -0.2) is 17.6 Å². The molecule has 1 unspecified atom stereocenters. The highest BCUT2D eigenvalue weighted by molar-refractivity contribution is 5.92. The molecule has 2 rings (SSSR count). The maximum atomic E-state index is 10.2. The lowest BCUT2D eigenvalue weighted by atomic mass is 10.0. The number of nitrogens with zero attached hydrogens (tertiary/aromatic N) is 1. The van der Waals surface area contributed by atoms with Crippen molar-refractivity contribution in [2.24, 2.45) is 10.7 Å². The minimum atomic E-state index is -0.655. The molecule has 2 aromatic rings. The molecule has 0 spiro atoms. The number of aliphatic imine (C=N–C) groups is 1. The van der Waals surface area contributed by atoms with Crippen molar-refractivity contribution in [1.82, 2.24) is 0 Å². The molecule has 4 heteroatoms. The number of nitrogens with one attached hydrogen (secondary N) is 1. The van der Waals surface area contributed by atoms with Crippen LogP contribution in [0.3, 0.4) is 0 Å². The number of hydrogen-bond acceptors (Lipinski definition) is 2. The highest BCUT2D eigenvalue weighted by Crippen LogP contribution is 2.18. The summed E-state index contributed by atoms with van der Waals surface area (Å²) in [6.07, 6.45) is -0.655. The molecule has 1 atom stereocenters. The molecule has 0 aliphatic carbocycles. The van der Waals surface area contributed by atoms with Crippen LogP contribution in [0.2, 0.25) is 0 Å². The lowest BCUT2D eigenvalue weighted by Gasteiger charge is -2.12. The van der Waals surface area contributed by atoms with Crippen LogP contribution in [0.25, 0.3) is 0 Å². The molecule has 0 fully saturated rings. The molecule has 0 bridgehead atoms. The number of anilines is 1. The Bertz CT molecular complexity index is 680. The molecule has 4 nitrogen and oxygen atoms in total. The van der Waals surface area contributed by atoms with Crippen LogP contribution in [0.1, 0.15) is 42.6 Å². The predicted octanol–water partition coefficient (Wildman–Crippen LogP) is 3.58. The lowest BCUT2D eigenvalue weighted by molar-refractivity contribution is 0.187. The monoisotopic (exact) mass is 311 g/mol. The zero-order valence-corrected chi connectivity index (χ0v) is 14.0. The van der Waals surface area contributed by atoms with Crippen LogP contribution >= 0.6 is 0 Å². The molecular weight excluding hydrogens is 286 g/mol. The van der Waals surface area contributed by atoms with Crippen molar-refractivity contribution in [1.29, 1.82) is 0 Å². The Morgan fingerprint density at radius 2 is 1.83 bits per heavy atom. The summed E-state index contributed by atoms with van der Waals surface area (Å²) in [5.74, 6) is 0.760. The number of aryl methyl sites for hydroxylation is 1. The van der Waals surface area contributed by atoms with Gasteiger partial charge in [-0.25, -0.2) is 0 Å². The van der Waals surface area contributed by atoms with E-state index in [0.29, 0.717) is 11.9 Å². The van der Waals surface area contributed by atoms with Crippen LogP contribution in [0.15, 0.2) is 53.5 Å². The molecule has 0 radical (unpaired) electrons. The number of guanidine groups is 1. The minimum absolute atomic E-state index is 0.228. The Morgan fingerprint density at radius 1 is 1.13 bits per heavy atom. The third-order valence-electron chi connectivity index (χ3n) is 3.69. The predicted molar refractivity (Wildman–Crippen MR) is 96.8 cm³/mol. The van der Waals surface area contributed by atoms with Crippen LogP contribution in [0.4, 0.5) is 5.69 Å². The van der Waals surface area contributed by atoms with Crippen molar-refractivity contribution < 1.29 is 5.11 Å². The number of nitrogens with two attached hydrogens (primary N) is 1. The van der Waals surface area contributed by atoms with Crippen molar-refractivity contribution in [2.75, 3.05) is 11.9 Å². The molecule has 0 saturated heterocycles. The van der Waals surface area contributed by atoms with Crippen molar-refractivity contribution in [3.63, 3.8) is 0 Å². The van der Waals surface area contributed by atoms with Gasteiger partial charge in [-0.05, 0) is 36.1 Å². The van der Waals surface area contributed by atoms with Crippen LogP contribution < -0.4 is 11.1 Å². The first-order valence-corrected chi connectivity index (χ1v) is 7.87. The Hall–Kier alpha value is -2.33. The van der Waals surface area contributed by atoms with E-state index in [1.807, 2.05) is 43.3 Å². The molecule has 0 heterocycles. The highest BCUT2D eigenvalue weighted by atomic mass is 16.3. The number of aliphatic hydroxyl groups excluding tert-OH is 1. The summed E-state index contributed by atoms with van der Waals surface area (Å²) in [4.78, 5) is 4.23. The number of aliphatic hydroxyl groups is 1. The maximum Gasteiger partial charge on any atom is 0.193 e. The van der Waals surface area contributed by atoms with E-state index in [1.54, 1.807) is 0 Å². The van der Waals surface area contributed by atoms with E-state index < -0.39 is 6.10 Å². The molecule has 0 aliphatic rings. The fourth-order valence-electron chi connectivity index (χ4n) is 2.33. The standard InChI is InChI=1S/C19H25N3O/c1-13(2)15-7-5-9-17(11-15)22-19(20)21-12-18(23)16-8-4-6-14(3)10-16/h4-11,13,18,23H,12H2,1-3H3,(H3,20,21,22). The first-order chi connectivity index (χ1) is 11.0. The molecule has 4 N–H and O–H groups in total. The van der Waals surface area contributed by atoms with Crippen molar-refractivity contribution in [2.45, 2.75) is 32.8 Å². The number of benzene rings is 2. The minimum Gasteiger partial charge on any atom is -0.386 e.